The third-order valence-corrected chi connectivity index (χ3v) is 7.49. The topological polar surface area (TPSA) is 86.6 Å². The highest BCUT2D eigenvalue weighted by atomic mass is 32.1. The number of phenolic OH excluding ortho intramolecular Hbond substituents is 1. The molecule has 29 heavy (non-hydrogen) atoms. The summed E-state index contributed by atoms with van der Waals surface area (Å²) in [5.74, 6) is 1.05. The number of carboxylic acids is 1. The van der Waals surface area contributed by atoms with Gasteiger partial charge in [-0.2, -0.15) is 0 Å². The number of allylic oxidation sites excluding steroid dienone is 2. The zero-order valence-electron chi connectivity index (χ0n) is 16.3. The SMILES string of the molecule is O=C(O)CCCC=CC[C@H]1C(NC(=O)c2csc3ccc(O)cc23)[C@@H]2CC[C@H]1C2. The Balaban J connectivity index is 1.41. The minimum absolute atomic E-state index is 0.0464. The van der Waals surface area contributed by atoms with Crippen molar-refractivity contribution < 1.29 is 19.8 Å². The summed E-state index contributed by atoms with van der Waals surface area (Å²) in [5.41, 5.74) is 0.645. The van der Waals surface area contributed by atoms with Crippen LogP contribution < -0.4 is 5.32 Å². The number of carbonyl (C=O) groups excluding carboxylic acids is 1. The Labute approximate surface area is 174 Å². The third-order valence-electron chi connectivity index (χ3n) is 6.52. The standard InChI is InChI=1S/C23H27NO4S/c25-16-9-10-20-18(12-16)19(13-29-20)23(28)24-22-15-8-7-14(11-15)17(22)5-3-1-2-4-6-21(26)27/h1,3,9-10,12-15,17,22,25H,2,4-8,11H2,(H,24,28)(H,26,27)/t14-,15+,17+,22?/m0/s1. The fourth-order valence-electron chi connectivity index (χ4n) is 5.14. The molecule has 2 saturated carbocycles. The van der Waals surface area contributed by atoms with Crippen molar-refractivity contribution in [3.8, 4) is 5.75 Å². The Hall–Kier alpha value is -2.34. The minimum atomic E-state index is -0.747. The lowest BCUT2D eigenvalue weighted by Gasteiger charge is -2.31. The molecular weight excluding hydrogens is 386 g/mol. The molecule has 0 aliphatic heterocycles. The van der Waals surface area contributed by atoms with Gasteiger partial charge in [0.25, 0.3) is 5.91 Å². The van der Waals surface area contributed by atoms with E-state index in [0.717, 1.165) is 22.9 Å². The largest absolute Gasteiger partial charge is 0.508 e. The molecule has 5 nitrogen and oxygen atoms in total. The molecule has 0 radical (unpaired) electrons. The summed E-state index contributed by atoms with van der Waals surface area (Å²) in [7, 11) is 0. The Morgan fingerprint density at radius 1 is 1.21 bits per heavy atom. The number of fused-ring (bicyclic) bond motifs is 3. The number of amides is 1. The number of aliphatic carboxylic acids is 1. The van der Waals surface area contributed by atoms with Gasteiger partial charge < -0.3 is 15.5 Å². The Kier molecular flexibility index (Phi) is 5.90. The molecular formula is C23H27NO4S. The highest BCUT2D eigenvalue weighted by Crippen LogP contribution is 2.50. The first-order valence-corrected chi connectivity index (χ1v) is 11.3. The van der Waals surface area contributed by atoms with E-state index in [1.54, 1.807) is 12.1 Å². The number of thiophene rings is 1. The van der Waals surface area contributed by atoms with E-state index < -0.39 is 5.97 Å². The summed E-state index contributed by atoms with van der Waals surface area (Å²) in [6, 6.07) is 5.35. The molecule has 4 rings (SSSR count). The number of aromatic hydroxyl groups is 1. The van der Waals surface area contributed by atoms with Gasteiger partial charge in [0.05, 0.1) is 5.56 Å². The molecule has 2 fully saturated rings. The van der Waals surface area contributed by atoms with Gasteiger partial charge in [0, 0.05) is 27.9 Å². The number of unbranched alkanes of at least 4 members (excludes halogenated alkanes) is 1. The van der Waals surface area contributed by atoms with Crippen LogP contribution in [0.2, 0.25) is 0 Å². The first-order valence-electron chi connectivity index (χ1n) is 10.4. The van der Waals surface area contributed by atoms with E-state index in [0.29, 0.717) is 29.7 Å². The highest BCUT2D eigenvalue weighted by Gasteiger charge is 2.47. The van der Waals surface area contributed by atoms with Gasteiger partial charge in [-0.05, 0) is 74.5 Å². The van der Waals surface area contributed by atoms with Crippen LogP contribution in [0, 0.1) is 17.8 Å². The Morgan fingerprint density at radius 2 is 2.03 bits per heavy atom. The maximum atomic E-state index is 13.0. The monoisotopic (exact) mass is 413 g/mol. The van der Waals surface area contributed by atoms with Crippen LogP contribution in [0.15, 0.2) is 35.7 Å². The van der Waals surface area contributed by atoms with Crippen LogP contribution in [0.4, 0.5) is 0 Å². The lowest BCUT2D eigenvalue weighted by Crippen LogP contribution is -2.43. The van der Waals surface area contributed by atoms with E-state index in [4.69, 9.17) is 5.11 Å². The van der Waals surface area contributed by atoms with Crippen molar-refractivity contribution in [1.29, 1.82) is 0 Å². The predicted molar refractivity (Wildman–Crippen MR) is 114 cm³/mol. The predicted octanol–water partition coefficient (Wildman–Crippen LogP) is 4.95. The fraction of sp³-hybridized carbons (Fsp3) is 0.478. The highest BCUT2D eigenvalue weighted by molar-refractivity contribution is 7.17. The maximum absolute atomic E-state index is 13.0. The summed E-state index contributed by atoms with van der Waals surface area (Å²) in [6.07, 6.45) is 10.5. The van der Waals surface area contributed by atoms with Crippen molar-refractivity contribution >= 4 is 33.3 Å². The van der Waals surface area contributed by atoms with Crippen molar-refractivity contribution in [2.24, 2.45) is 17.8 Å². The lowest BCUT2D eigenvalue weighted by atomic mass is 9.82. The van der Waals surface area contributed by atoms with E-state index in [-0.39, 0.29) is 24.1 Å². The van der Waals surface area contributed by atoms with E-state index in [9.17, 15) is 14.7 Å². The molecule has 2 aromatic rings. The fourth-order valence-corrected chi connectivity index (χ4v) is 6.06. The zero-order valence-corrected chi connectivity index (χ0v) is 17.2. The van der Waals surface area contributed by atoms with Gasteiger partial charge in [-0.3, -0.25) is 9.59 Å². The van der Waals surface area contributed by atoms with E-state index >= 15 is 0 Å². The van der Waals surface area contributed by atoms with Gasteiger partial charge in [0.1, 0.15) is 5.75 Å². The molecule has 2 aliphatic carbocycles. The van der Waals surface area contributed by atoms with Crippen LogP contribution in [0.1, 0.15) is 55.3 Å². The number of hydrogen-bond acceptors (Lipinski definition) is 4. The molecule has 1 unspecified atom stereocenters. The van der Waals surface area contributed by atoms with Gasteiger partial charge in [0.2, 0.25) is 0 Å². The quantitative estimate of drug-likeness (QED) is 0.422. The molecule has 2 bridgehead atoms. The Bertz CT molecular complexity index is 934. The number of hydrogen-bond donors (Lipinski definition) is 3. The molecule has 2 aliphatic rings. The van der Waals surface area contributed by atoms with E-state index in [2.05, 4.69) is 17.5 Å². The second kappa shape index (κ2) is 8.57. The van der Waals surface area contributed by atoms with Crippen molar-refractivity contribution in [2.75, 3.05) is 0 Å². The lowest BCUT2D eigenvalue weighted by molar-refractivity contribution is -0.137. The molecule has 1 aromatic carbocycles. The number of rotatable bonds is 8. The number of phenols is 1. The van der Waals surface area contributed by atoms with Gasteiger partial charge >= 0.3 is 5.97 Å². The smallest absolute Gasteiger partial charge is 0.303 e. The Morgan fingerprint density at radius 3 is 2.86 bits per heavy atom. The van der Waals surface area contributed by atoms with Gasteiger partial charge in [-0.1, -0.05) is 12.2 Å². The normalized spacial score (nSPS) is 25.8. The van der Waals surface area contributed by atoms with Gasteiger partial charge in [-0.15, -0.1) is 11.3 Å². The molecule has 1 amide bonds. The first kappa shape index (κ1) is 20.0. The molecule has 1 aromatic heterocycles. The number of carbonyl (C=O) groups is 2. The number of benzene rings is 1. The molecule has 6 heteroatoms. The minimum Gasteiger partial charge on any atom is -0.508 e. The van der Waals surface area contributed by atoms with Crippen LogP contribution >= 0.6 is 11.3 Å². The zero-order chi connectivity index (χ0) is 20.4. The summed E-state index contributed by atoms with van der Waals surface area (Å²) in [5, 5.41) is 24.5. The molecule has 3 N–H and O–H groups in total. The van der Waals surface area contributed by atoms with Gasteiger partial charge in [-0.25, -0.2) is 0 Å². The molecule has 4 atom stereocenters. The summed E-state index contributed by atoms with van der Waals surface area (Å²) >= 11 is 1.52. The van der Waals surface area contributed by atoms with E-state index in [1.165, 1.54) is 30.6 Å². The third kappa shape index (κ3) is 4.32. The molecule has 0 saturated heterocycles. The summed E-state index contributed by atoms with van der Waals surface area (Å²) in [6.45, 7) is 0. The first-order chi connectivity index (χ1) is 14.0. The van der Waals surface area contributed by atoms with Crippen LogP contribution in [-0.4, -0.2) is 28.1 Å². The summed E-state index contributed by atoms with van der Waals surface area (Å²) < 4.78 is 1.00. The molecule has 154 valence electrons. The van der Waals surface area contributed by atoms with Crippen molar-refractivity contribution in [3.05, 3.63) is 41.3 Å². The molecule has 1 heterocycles. The van der Waals surface area contributed by atoms with Crippen molar-refractivity contribution in [3.63, 3.8) is 0 Å². The average Bonchev–Trinajstić information content (AvgIpc) is 3.39. The van der Waals surface area contributed by atoms with Gasteiger partial charge in [0.15, 0.2) is 0 Å². The summed E-state index contributed by atoms with van der Waals surface area (Å²) in [4.78, 5) is 23.6. The van der Waals surface area contributed by atoms with Crippen LogP contribution in [0.3, 0.4) is 0 Å². The number of nitrogens with one attached hydrogen (secondary N) is 1. The average molecular weight is 414 g/mol. The van der Waals surface area contributed by atoms with E-state index in [1.807, 2.05) is 11.4 Å². The second-order valence-electron chi connectivity index (χ2n) is 8.32. The van der Waals surface area contributed by atoms with Crippen LogP contribution in [0.5, 0.6) is 5.75 Å². The number of carboxylic acid groups (broad SMARTS) is 1. The van der Waals surface area contributed by atoms with Crippen molar-refractivity contribution in [1.82, 2.24) is 5.32 Å². The van der Waals surface area contributed by atoms with Crippen LogP contribution in [0.25, 0.3) is 10.1 Å². The molecule has 0 spiro atoms. The maximum Gasteiger partial charge on any atom is 0.303 e. The van der Waals surface area contributed by atoms with Crippen LogP contribution in [-0.2, 0) is 4.79 Å². The second-order valence-corrected chi connectivity index (χ2v) is 9.23. The van der Waals surface area contributed by atoms with Crippen molar-refractivity contribution in [2.45, 2.75) is 51.0 Å².